The highest BCUT2D eigenvalue weighted by molar-refractivity contribution is 9.10. The minimum absolute atomic E-state index is 0.413. The third-order valence-electron chi connectivity index (χ3n) is 2.64. The summed E-state index contributed by atoms with van der Waals surface area (Å²) in [5.41, 5.74) is 6.97. The van der Waals surface area contributed by atoms with Crippen molar-refractivity contribution < 1.29 is 9.15 Å². The van der Waals surface area contributed by atoms with Crippen molar-refractivity contribution in [3.8, 4) is 5.75 Å². The average molecular weight is 331 g/mol. The number of hydrogen-bond acceptors (Lipinski definition) is 3. The van der Waals surface area contributed by atoms with E-state index in [1.54, 1.807) is 19.2 Å². The van der Waals surface area contributed by atoms with E-state index in [0.717, 1.165) is 15.8 Å². The molecule has 0 saturated carbocycles. The summed E-state index contributed by atoms with van der Waals surface area (Å²) in [5, 5.41) is 0.594. The molecule has 0 aliphatic rings. The zero-order valence-electron chi connectivity index (χ0n) is 10.0. The molecule has 0 saturated heterocycles. The molecular weight excluding hydrogens is 318 g/mol. The summed E-state index contributed by atoms with van der Waals surface area (Å²) < 4.78 is 11.7. The van der Waals surface area contributed by atoms with Gasteiger partial charge in [-0.1, -0.05) is 11.6 Å². The molecule has 3 nitrogen and oxygen atoms in total. The summed E-state index contributed by atoms with van der Waals surface area (Å²) in [7, 11) is 1.59. The van der Waals surface area contributed by atoms with E-state index < -0.39 is 6.04 Å². The number of methoxy groups -OCH3 is 1. The Labute approximate surface area is 119 Å². The zero-order chi connectivity index (χ0) is 13.3. The van der Waals surface area contributed by atoms with Gasteiger partial charge in [0.25, 0.3) is 0 Å². The van der Waals surface area contributed by atoms with Gasteiger partial charge >= 0.3 is 0 Å². The molecule has 2 rings (SSSR count). The Kier molecular flexibility index (Phi) is 4.00. The third kappa shape index (κ3) is 2.55. The molecule has 0 radical (unpaired) electrons. The van der Waals surface area contributed by atoms with Crippen LogP contribution in [0.3, 0.4) is 0 Å². The quantitative estimate of drug-likeness (QED) is 0.923. The highest BCUT2D eigenvalue weighted by atomic mass is 79.9. The average Bonchev–Trinajstić information content (AvgIpc) is 2.74. The lowest BCUT2D eigenvalue weighted by Crippen LogP contribution is -2.12. The van der Waals surface area contributed by atoms with Gasteiger partial charge in [-0.05, 0) is 47.1 Å². The molecule has 0 aliphatic carbocycles. The lowest BCUT2D eigenvalue weighted by atomic mass is 10.0. The number of halogens is 2. The standard InChI is InChI=1S/C13H13BrClNO2/c1-7-3-4-11(18-7)12(16)9-5-8(15)6-10(14)13(9)17-2/h3-6,12H,16H2,1-2H3. The summed E-state index contributed by atoms with van der Waals surface area (Å²) in [6.45, 7) is 1.88. The van der Waals surface area contributed by atoms with E-state index in [4.69, 9.17) is 26.5 Å². The minimum atomic E-state index is -0.413. The van der Waals surface area contributed by atoms with Crippen LogP contribution in [0.4, 0.5) is 0 Å². The lowest BCUT2D eigenvalue weighted by molar-refractivity contribution is 0.399. The van der Waals surface area contributed by atoms with Crippen molar-refractivity contribution in [2.24, 2.45) is 5.73 Å². The van der Waals surface area contributed by atoms with Gasteiger partial charge in [0.05, 0.1) is 17.6 Å². The number of nitrogens with two attached hydrogens (primary N) is 1. The van der Waals surface area contributed by atoms with Gasteiger partial charge in [-0.3, -0.25) is 0 Å². The second kappa shape index (κ2) is 5.34. The van der Waals surface area contributed by atoms with Crippen molar-refractivity contribution in [3.63, 3.8) is 0 Å². The monoisotopic (exact) mass is 329 g/mol. The first kappa shape index (κ1) is 13.5. The molecule has 0 bridgehead atoms. The SMILES string of the molecule is COc1c(Br)cc(Cl)cc1C(N)c1ccc(C)o1. The third-order valence-corrected chi connectivity index (χ3v) is 3.45. The smallest absolute Gasteiger partial charge is 0.138 e. The number of benzene rings is 1. The van der Waals surface area contributed by atoms with Gasteiger partial charge in [-0.25, -0.2) is 0 Å². The first-order valence-corrected chi connectivity index (χ1v) is 6.55. The molecule has 2 N–H and O–H groups in total. The van der Waals surface area contributed by atoms with Crippen molar-refractivity contribution in [1.82, 2.24) is 0 Å². The normalized spacial score (nSPS) is 12.5. The van der Waals surface area contributed by atoms with Gasteiger partial charge in [-0.15, -0.1) is 0 Å². The second-order valence-electron chi connectivity index (χ2n) is 3.94. The van der Waals surface area contributed by atoms with Crippen molar-refractivity contribution in [1.29, 1.82) is 0 Å². The summed E-state index contributed by atoms with van der Waals surface area (Å²) in [5.74, 6) is 2.17. The van der Waals surface area contributed by atoms with Crippen molar-refractivity contribution in [3.05, 3.63) is 50.8 Å². The van der Waals surface area contributed by atoms with Crippen LogP contribution >= 0.6 is 27.5 Å². The van der Waals surface area contributed by atoms with Crippen molar-refractivity contribution in [2.75, 3.05) is 7.11 Å². The molecule has 1 heterocycles. The Morgan fingerprint density at radius 2 is 2.11 bits per heavy atom. The predicted molar refractivity (Wildman–Crippen MR) is 75.2 cm³/mol. The van der Waals surface area contributed by atoms with Gasteiger partial charge in [0.2, 0.25) is 0 Å². The fourth-order valence-electron chi connectivity index (χ4n) is 1.80. The van der Waals surface area contributed by atoms with Gasteiger partial charge in [0, 0.05) is 10.6 Å². The molecule has 1 aromatic heterocycles. The number of ether oxygens (including phenoxy) is 1. The molecule has 0 spiro atoms. The molecule has 96 valence electrons. The van der Waals surface area contributed by atoms with Crippen LogP contribution in [0.5, 0.6) is 5.75 Å². The maximum atomic E-state index is 6.19. The second-order valence-corrected chi connectivity index (χ2v) is 5.23. The zero-order valence-corrected chi connectivity index (χ0v) is 12.4. The van der Waals surface area contributed by atoms with Crippen LogP contribution in [0.1, 0.15) is 23.1 Å². The van der Waals surface area contributed by atoms with Crippen LogP contribution in [0.2, 0.25) is 5.02 Å². The van der Waals surface area contributed by atoms with E-state index >= 15 is 0 Å². The lowest BCUT2D eigenvalue weighted by Gasteiger charge is -2.15. The minimum Gasteiger partial charge on any atom is -0.495 e. The molecule has 18 heavy (non-hydrogen) atoms. The largest absolute Gasteiger partial charge is 0.495 e. The molecular formula is C13H13BrClNO2. The van der Waals surface area contributed by atoms with E-state index in [0.29, 0.717) is 16.5 Å². The predicted octanol–water partition coefficient (Wildman–Crippen LogP) is 4.06. The molecule has 0 amide bonds. The molecule has 2 aromatic rings. The molecule has 0 fully saturated rings. The van der Waals surface area contributed by atoms with E-state index in [-0.39, 0.29) is 0 Å². The maximum absolute atomic E-state index is 6.19. The Morgan fingerprint density at radius 1 is 1.39 bits per heavy atom. The van der Waals surface area contributed by atoms with Gasteiger partial charge in [-0.2, -0.15) is 0 Å². The Balaban J connectivity index is 2.49. The fourth-order valence-corrected chi connectivity index (χ4v) is 2.80. The van der Waals surface area contributed by atoms with Crippen LogP contribution in [0, 0.1) is 6.92 Å². The molecule has 5 heteroatoms. The number of furan rings is 1. The Hall–Kier alpha value is -0.970. The summed E-state index contributed by atoms with van der Waals surface area (Å²) in [6, 6.07) is 6.87. The first-order chi connectivity index (χ1) is 8.52. The van der Waals surface area contributed by atoms with E-state index in [1.165, 1.54) is 0 Å². The van der Waals surface area contributed by atoms with E-state index in [2.05, 4.69) is 15.9 Å². The van der Waals surface area contributed by atoms with Crippen molar-refractivity contribution in [2.45, 2.75) is 13.0 Å². The summed E-state index contributed by atoms with van der Waals surface area (Å²) in [6.07, 6.45) is 0. The number of aryl methyl sites for hydroxylation is 1. The highest BCUT2D eigenvalue weighted by Crippen LogP contribution is 2.37. The maximum Gasteiger partial charge on any atom is 0.138 e. The van der Waals surface area contributed by atoms with Crippen LogP contribution in [-0.2, 0) is 0 Å². The van der Waals surface area contributed by atoms with Crippen LogP contribution in [0.15, 0.2) is 33.2 Å². The van der Waals surface area contributed by atoms with Crippen LogP contribution < -0.4 is 10.5 Å². The van der Waals surface area contributed by atoms with Crippen LogP contribution in [0.25, 0.3) is 0 Å². The molecule has 1 unspecified atom stereocenters. The summed E-state index contributed by atoms with van der Waals surface area (Å²) in [4.78, 5) is 0. The fraction of sp³-hybridized carbons (Fsp3) is 0.231. The molecule has 1 aromatic carbocycles. The molecule has 1 atom stereocenters. The first-order valence-electron chi connectivity index (χ1n) is 5.37. The van der Waals surface area contributed by atoms with E-state index in [1.807, 2.05) is 19.1 Å². The van der Waals surface area contributed by atoms with Crippen LogP contribution in [-0.4, -0.2) is 7.11 Å². The number of rotatable bonds is 3. The van der Waals surface area contributed by atoms with Gasteiger partial charge in [0.15, 0.2) is 0 Å². The van der Waals surface area contributed by atoms with E-state index in [9.17, 15) is 0 Å². The number of hydrogen-bond donors (Lipinski definition) is 1. The Morgan fingerprint density at radius 3 is 2.67 bits per heavy atom. The topological polar surface area (TPSA) is 48.4 Å². The van der Waals surface area contributed by atoms with Gasteiger partial charge < -0.3 is 14.9 Å². The van der Waals surface area contributed by atoms with Gasteiger partial charge in [0.1, 0.15) is 17.3 Å². The Bertz CT molecular complexity index is 568. The highest BCUT2D eigenvalue weighted by Gasteiger charge is 2.19. The summed E-state index contributed by atoms with van der Waals surface area (Å²) >= 11 is 9.45. The molecule has 0 aliphatic heterocycles. The van der Waals surface area contributed by atoms with Crippen molar-refractivity contribution >= 4 is 27.5 Å².